The number of rotatable bonds is 5. The van der Waals surface area contributed by atoms with Gasteiger partial charge in [-0.05, 0) is 19.1 Å². The number of benzene rings is 1. The molecule has 1 aromatic carbocycles. The summed E-state index contributed by atoms with van der Waals surface area (Å²) in [5.74, 6) is 0.908. The first kappa shape index (κ1) is 11.0. The van der Waals surface area contributed by atoms with Crippen molar-refractivity contribution in [2.45, 2.75) is 19.4 Å². The average molecular weight is 219 g/mol. The van der Waals surface area contributed by atoms with Crippen LogP contribution in [0.5, 0.6) is 5.75 Å². The van der Waals surface area contributed by atoms with Gasteiger partial charge in [0.05, 0.1) is 18.2 Å². The zero-order valence-corrected chi connectivity index (χ0v) is 9.69. The smallest absolute Gasteiger partial charge is 0.143 e. The summed E-state index contributed by atoms with van der Waals surface area (Å²) in [4.78, 5) is 3.18. The number of H-pyrrole nitrogens is 1. The molecule has 3 nitrogen and oxygen atoms in total. The molecule has 0 saturated heterocycles. The molecule has 86 valence electrons. The number of hydrogen-bond donors (Lipinski definition) is 1. The van der Waals surface area contributed by atoms with Gasteiger partial charge in [-0.1, -0.05) is 12.1 Å². The molecule has 0 amide bonds. The van der Waals surface area contributed by atoms with E-state index in [2.05, 4.69) is 11.1 Å². The second-order valence-corrected chi connectivity index (χ2v) is 3.88. The monoisotopic (exact) mass is 219 g/mol. The maximum absolute atomic E-state index is 5.74. The first-order valence-corrected chi connectivity index (χ1v) is 5.53. The molecule has 0 aliphatic rings. The van der Waals surface area contributed by atoms with Gasteiger partial charge in [-0.2, -0.15) is 0 Å². The third kappa shape index (κ3) is 2.36. The summed E-state index contributed by atoms with van der Waals surface area (Å²) < 4.78 is 10.9. The molecular weight excluding hydrogens is 202 g/mol. The van der Waals surface area contributed by atoms with E-state index in [9.17, 15) is 0 Å². The Kier molecular flexibility index (Phi) is 3.47. The molecule has 0 fully saturated rings. The zero-order valence-electron chi connectivity index (χ0n) is 9.69. The summed E-state index contributed by atoms with van der Waals surface area (Å²) in [6.07, 6.45) is 3.06. The highest BCUT2D eigenvalue weighted by Gasteiger charge is 2.04. The van der Waals surface area contributed by atoms with Crippen molar-refractivity contribution >= 4 is 10.9 Å². The normalized spacial score (nSPS) is 12.9. The van der Waals surface area contributed by atoms with Crippen molar-refractivity contribution in [3.63, 3.8) is 0 Å². The molecule has 1 heterocycles. The molecule has 1 unspecified atom stereocenters. The number of ether oxygens (including phenoxy) is 2. The van der Waals surface area contributed by atoms with Crippen LogP contribution >= 0.6 is 0 Å². The van der Waals surface area contributed by atoms with E-state index in [-0.39, 0.29) is 6.10 Å². The fourth-order valence-electron chi connectivity index (χ4n) is 1.63. The van der Waals surface area contributed by atoms with Crippen LogP contribution in [0.2, 0.25) is 0 Å². The topological polar surface area (TPSA) is 34.2 Å². The average Bonchev–Trinajstić information content (AvgIpc) is 2.77. The Morgan fingerprint density at radius 2 is 2.19 bits per heavy atom. The highest BCUT2D eigenvalue weighted by Crippen LogP contribution is 2.23. The van der Waals surface area contributed by atoms with Crippen LogP contribution in [0.3, 0.4) is 0 Å². The van der Waals surface area contributed by atoms with Crippen LogP contribution in [0.4, 0.5) is 0 Å². The second-order valence-electron chi connectivity index (χ2n) is 3.88. The molecule has 2 rings (SSSR count). The van der Waals surface area contributed by atoms with Gasteiger partial charge < -0.3 is 14.5 Å². The van der Waals surface area contributed by atoms with Crippen LogP contribution in [-0.2, 0) is 4.74 Å². The quantitative estimate of drug-likeness (QED) is 0.838. The number of methoxy groups -OCH3 is 1. The molecule has 0 radical (unpaired) electrons. The van der Waals surface area contributed by atoms with E-state index in [1.54, 1.807) is 7.11 Å². The molecular formula is C13H17NO2. The maximum atomic E-state index is 5.74. The Bertz CT molecular complexity index is 450. The summed E-state index contributed by atoms with van der Waals surface area (Å²) in [7, 11) is 1.72. The van der Waals surface area contributed by atoms with Crippen molar-refractivity contribution in [1.82, 2.24) is 4.98 Å². The van der Waals surface area contributed by atoms with E-state index in [0.29, 0.717) is 6.61 Å². The minimum Gasteiger partial charge on any atom is -0.491 e. The fraction of sp³-hybridized carbons (Fsp3) is 0.385. The Morgan fingerprint density at radius 3 is 3.00 bits per heavy atom. The van der Waals surface area contributed by atoms with Gasteiger partial charge in [0.2, 0.25) is 0 Å². The molecule has 0 aliphatic carbocycles. The number of nitrogens with one attached hydrogen (secondary N) is 1. The number of aromatic nitrogens is 1. The Balaban J connectivity index is 2.01. The summed E-state index contributed by atoms with van der Waals surface area (Å²) in [6.45, 7) is 2.71. The van der Waals surface area contributed by atoms with Crippen LogP contribution in [-0.4, -0.2) is 24.8 Å². The lowest BCUT2D eigenvalue weighted by Crippen LogP contribution is -2.10. The van der Waals surface area contributed by atoms with E-state index in [1.807, 2.05) is 31.3 Å². The van der Waals surface area contributed by atoms with Gasteiger partial charge in [-0.15, -0.1) is 0 Å². The highest BCUT2D eigenvalue weighted by molar-refractivity contribution is 5.85. The van der Waals surface area contributed by atoms with E-state index in [1.165, 1.54) is 5.39 Å². The third-order valence-corrected chi connectivity index (χ3v) is 2.73. The summed E-state index contributed by atoms with van der Waals surface area (Å²) >= 11 is 0. The lowest BCUT2D eigenvalue weighted by molar-refractivity contribution is 0.0958. The Hall–Kier alpha value is -1.48. The molecule has 1 N–H and O–H groups in total. The predicted molar refractivity (Wildman–Crippen MR) is 64.9 cm³/mol. The number of aromatic amines is 1. The second kappa shape index (κ2) is 5.03. The summed E-state index contributed by atoms with van der Waals surface area (Å²) in [5, 5.41) is 1.18. The van der Waals surface area contributed by atoms with Crippen molar-refractivity contribution in [3.8, 4) is 5.75 Å². The molecule has 0 spiro atoms. The standard InChI is InChI=1S/C13H17NO2/c1-10(15-2)7-9-16-12-5-3-4-11-6-8-14-13(11)12/h3-6,8,10,14H,7,9H2,1-2H3. The molecule has 3 heteroatoms. The fourth-order valence-corrected chi connectivity index (χ4v) is 1.63. The minimum atomic E-state index is 0.239. The Labute approximate surface area is 95.4 Å². The number of hydrogen-bond acceptors (Lipinski definition) is 2. The largest absolute Gasteiger partial charge is 0.491 e. The molecule has 1 aromatic heterocycles. The summed E-state index contributed by atoms with van der Waals surface area (Å²) in [5.41, 5.74) is 1.06. The Morgan fingerprint density at radius 1 is 1.31 bits per heavy atom. The van der Waals surface area contributed by atoms with Gasteiger partial charge in [-0.3, -0.25) is 0 Å². The van der Waals surface area contributed by atoms with Gasteiger partial charge in [0.25, 0.3) is 0 Å². The van der Waals surface area contributed by atoms with Crippen LogP contribution < -0.4 is 4.74 Å². The van der Waals surface area contributed by atoms with E-state index in [4.69, 9.17) is 9.47 Å². The van der Waals surface area contributed by atoms with Crippen LogP contribution in [0.1, 0.15) is 13.3 Å². The van der Waals surface area contributed by atoms with Crippen molar-refractivity contribution < 1.29 is 9.47 Å². The molecule has 16 heavy (non-hydrogen) atoms. The first-order chi connectivity index (χ1) is 7.81. The van der Waals surface area contributed by atoms with Crippen molar-refractivity contribution in [2.24, 2.45) is 0 Å². The number of fused-ring (bicyclic) bond motifs is 1. The molecule has 1 atom stereocenters. The van der Waals surface area contributed by atoms with Crippen molar-refractivity contribution in [3.05, 3.63) is 30.5 Å². The lowest BCUT2D eigenvalue weighted by atomic mass is 10.2. The SMILES string of the molecule is COC(C)CCOc1cccc2cc[nH]c12. The zero-order chi connectivity index (χ0) is 11.4. The van der Waals surface area contributed by atoms with Gasteiger partial charge in [0, 0.05) is 25.1 Å². The molecule has 0 bridgehead atoms. The van der Waals surface area contributed by atoms with Gasteiger partial charge in [0.1, 0.15) is 5.75 Å². The van der Waals surface area contributed by atoms with Crippen LogP contribution in [0.25, 0.3) is 10.9 Å². The number of para-hydroxylation sites is 1. The molecule has 0 aliphatic heterocycles. The predicted octanol–water partition coefficient (Wildman–Crippen LogP) is 2.97. The van der Waals surface area contributed by atoms with Gasteiger partial charge >= 0.3 is 0 Å². The van der Waals surface area contributed by atoms with E-state index in [0.717, 1.165) is 17.7 Å². The van der Waals surface area contributed by atoms with Gasteiger partial charge in [0.15, 0.2) is 0 Å². The lowest BCUT2D eigenvalue weighted by Gasteiger charge is -2.11. The van der Waals surface area contributed by atoms with E-state index >= 15 is 0 Å². The minimum absolute atomic E-state index is 0.239. The maximum Gasteiger partial charge on any atom is 0.143 e. The third-order valence-electron chi connectivity index (χ3n) is 2.73. The molecule has 2 aromatic rings. The first-order valence-electron chi connectivity index (χ1n) is 5.53. The highest BCUT2D eigenvalue weighted by atomic mass is 16.5. The van der Waals surface area contributed by atoms with Crippen LogP contribution in [0, 0.1) is 0 Å². The van der Waals surface area contributed by atoms with Crippen LogP contribution in [0.15, 0.2) is 30.5 Å². The van der Waals surface area contributed by atoms with Gasteiger partial charge in [-0.25, -0.2) is 0 Å². The van der Waals surface area contributed by atoms with Crippen molar-refractivity contribution in [1.29, 1.82) is 0 Å². The van der Waals surface area contributed by atoms with Crippen molar-refractivity contribution in [2.75, 3.05) is 13.7 Å². The van der Waals surface area contributed by atoms with E-state index < -0.39 is 0 Å². The summed E-state index contributed by atoms with van der Waals surface area (Å²) in [6, 6.07) is 8.10. The molecule has 0 saturated carbocycles.